The van der Waals surface area contributed by atoms with E-state index in [1.54, 1.807) is 0 Å². The summed E-state index contributed by atoms with van der Waals surface area (Å²) >= 11 is 0. The van der Waals surface area contributed by atoms with E-state index in [1.165, 1.54) is 12.8 Å². The van der Waals surface area contributed by atoms with Crippen molar-refractivity contribution in [1.29, 1.82) is 0 Å². The van der Waals surface area contributed by atoms with Gasteiger partial charge in [-0.05, 0) is 154 Å². The second-order valence-electron chi connectivity index (χ2n) is 17.1. The lowest BCUT2D eigenvalue weighted by Crippen LogP contribution is -2.51. The van der Waals surface area contributed by atoms with Crippen LogP contribution in [0.4, 0.5) is 19.2 Å². The third-order valence-corrected chi connectivity index (χ3v) is 12.7. The zero-order chi connectivity index (χ0) is 36.8. The van der Waals surface area contributed by atoms with Crippen molar-refractivity contribution in [2.75, 3.05) is 0 Å². The van der Waals surface area contributed by atoms with Gasteiger partial charge in [0.2, 0.25) is 0 Å². The van der Waals surface area contributed by atoms with Crippen molar-refractivity contribution in [3.63, 3.8) is 0 Å². The molecule has 0 saturated heterocycles. The molecule has 300 valence electrons. The van der Waals surface area contributed by atoms with Crippen LogP contribution in [0.2, 0.25) is 0 Å². The number of nitrogens with one attached hydrogen (secondary N) is 6. The van der Waals surface area contributed by atoms with Crippen molar-refractivity contribution in [2.45, 2.75) is 228 Å². The Labute approximate surface area is 316 Å². The lowest BCUT2D eigenvalue weighted by Gasteiger charge is -2.36. The van der Waals surface area contributed by atoms with Crippen LogP contribution in [-0.4, -0.2) is 84.9 Å². The Morgan fingerprint density at radius 3 is 1.04 bits per heavy atom. The number of hydrogen-bond acceptors (Lipinski definition) is 7. The molecule has 6 saturated carbocycles. The first-order valence-corrected chi connectivity index (χ1v) is 21.6. The van der Waals surface area contributed by atoms with Crippen LogP contribution in [0.5, 0.6) is 0 Å². The molecule has 0 spiro atoms. The van der Waals surface area contributed by atoms with Gasteiger partial charge in [-0.25, -0.2) is 19.2 Å². The van der Waals surface area contributed by atoms with E-state index >= 15 is 0 Å². The van der Waals surface area contributed by atoms with Crippen LogP contribution in [0.15, 0.2) is 0 Å². The predicted octanol–water partition coefficient (Wildman–Crippen LogP) is 6.96. The van der Waals surface area contributed by atoms with Crippen molar-refractivity contribution in [2.24, 2.45) is 0 Å². The smallest absolute Gasteiger partial charge is 0.407 e. The molecule has 6 aliphatic carbocycles. The van der Waals surface area contributed by atoms with Gasteiger partial charge in [0, 0.05) is 36.3 Å². The van der Waals surface area contributed by atoms with Crippen molar-refractivity contribution in [3.8, 4) is 0 Å². The number of carbonyl (C=O) groups excluding carboxylic acids is 4. The predicted molar refractivity (Wildman–Crippen MR) is 202 cm³/mol. The summed E-state index contributed by atoms with van der Waals surface area (Å²) in [5.74, 6) is 0. The first-order chi connectivity index (χ1) is 25.8. The standard InChI is InChI=1S/C40H68N6O7/c47-37(43-29-9-7-11-31(25-29)45-39(49)52-33-13-3-1-4-14-33)41-27-17-21-35(22-18-27)51-36-23-19-28(20-24-36)42-38(48)44-30-10-8-12-32(26-30)46-40(50)53-34-15-5-2-6-16-34/h27-36H,1-26H2,(H,45,49)(H,46,50)(H2,41,43,47)(H2,42,44,48). The summed E-state index contributed by atoms with van der Waals surface area (Å²) in [4.78, 5) is 50.6. The molecule has 4 unspecified atom stereocenters. The number of ether oxygens (including phenoxy) is 3. The molecular weight excluding hydrogens is 676 g/mol. The minimum absolute atomic E-state index is 0.0310. The highest BCUT2D eigenvalue weighted by molar-refractivity contribution is 5.75. The molecule has 4 atom stereocenters. The van der Waals surface area contributed by atoms with Gasteiger partial charge >= 0.3 is 24.2 Å². The lowest BCUT2D eigenvalue weighted by atomic mass is 9.90. The van der Waals surface area contributed by atoms with E-state index in [0.717, 1.165) is 154 Å². The zero-order valence-corrected chi connectivity index (χ0v) is 32.0. The summed E-state index contributed by atoms with van der Waals surface area (Å²) in [7, 11) is 0. The number of alkyl carbamates (subject to hydrolysis) is 2. The van der Waals surface area contributed by atoms with Gasteiger partial charge in [0.05, 0.1) is 12.2 Å². The first-order valence-electron chi connectivity index (χ1n) is 21.6. The first kappa shape index (κ1) is 39.7. The number of amides is 6. The van der Waals surface area contributed by atoms with Gasteiger partial charge in [-0.2, -0.15) is 0 Å². The molecule has 6 N–H and O–H groups in total. The normalized spacial score (nSPS) is 33.1. The molecule has 6 fully saturated rings. The van der Waals surface area contributed by atoms with E-state index in [1.807, 2.05) is 0 Å². The molecular formula is C40H68N6O7. The topological polar surface area (TPSA) is 168 Å². The Hall–Kier alpha value is -2.96. The van der Waals surface area contributed by atoms with Crippen molar-refractivity contribution in [1.82, 2.24) is 31.9 Å². The Kier molecular flexibility index (Phi) is 15.5. The van der Waals surface area contributed by atoms with Crippen LogP contribution < -0.4 is 31.9 Å². The van der Waals surface area contributed by atoms with E-state index < -0.39 is 0 Å². The summed E-state index contributed by atoms with van der Waals surface area (Å²) < 4.78 is 17.8. The molecule has 0 bridgehead atoms. The van der Waals surface area contributed by atoms with Crippen LogP contribution in [0, 0.1) is 0 Å². The third-order valence-electron chi connectivity index (χ3n) is 12.7. The molecule has 0 aliphatic heterocycles. The summed E-state index contributed by atoms with van der Waals surface area (Å²) in [5.41, 5.74) is 0. The van der Waals surface area contributed by atoms with Gasteiger partial charge < -0.3 is 46.1 Å². The average Bonchev–Trinajstić information content (AvgIpc) is 3.14. The largest absolute Gasteiger partial charge is 0.446 e. The average molecular weight is 745 g/mol. The van der Waals surface area contributed by atoms with Crippen molar-refractivity contribution >= 4 is 24.2 Å². The van der Waals surface area contributed by atoms with E-state index in [0.29, 0.717) is 0 Å². The fraction of sp³-hybridized carbons (Fsp3) is 0.900. The van der Waals surface area contributed by atoms with Crippen molar-refractivity contribution < 1.29 is 33.4 Å². The van der Waals surface area contributed by atoms with Crippen LogP contribution in [-0.2, 0) is 14.2 Å². The maximum atomic E-state index is 12.9. The molecule has 0 heterocycles. The number of rotatable bonds is 10. The molecule has 0 aromatic rings. The summed E-state index contributed by atoms with van der Waals surface area (Å²) in [6.07, 6.45) is 25.1. The van der Waals surface area contributed by atoms with Gasteiger partial charge in [0.25, 0.3) is 0 Å². The summed E-state index contributed by atoms with van der Waals surface area (Å²) in [5, 5.41) is 18.8. The lowest BCUT2D eigenvalue weighted by molar-refractivity contribution is -0.0504. The molecule has 6 aliphatic rings. The SMILES string of the molecule is O=C(NC1CCC(OC2CCC(NC(=O)NC3CCCC(NC(=O)OC4CCCCC4)C3)CC2)CC1)NC1CCCC(NC(=O)OC2CCCCC2)C1. The van der Waals surface area contributed by atoms with E-state index in [9.17, 15) is 19.2 Å². The van der Waals surface area contributed by atoms with E-state index in [4.69, 9.17) is 14.2 Å². The Bertz CT molecular complexity index is 1080. The maximum absolute atomic E-state index is 12.9. The van der Waals surface area contributed by atoms with Crippen LogP contribution >= 0.6 is 0 Å². The second kappa shape index (κ2) is 20.6. The summed E-state index contributed by atoms with van der Waals surface area (Å²) in [6, 6.07) is 0.201. The highest BCUT2D eigenvalue weighted by Crippen LogP contribution is 2.29. The monoisotopic (exact) mass is 745 g/mol. The zero-order valence-electron chi connectivity index (χ0n) is 32.0. The Morgan fingerprint density at radius 2 is 0.660 bits per heavy atom. The van der Waals surface area contributed by atoms with Gasteiger partial charge in [-0.3, -0.25) is 0 Å². The number of urea groups is 2. The Balaban J connectivity index is 0.796. The third kappa shape index (κ3) is 13.7. The quantitative estimate of drug-likeness (QED) is 0.141. The molecule has 0 aromatic heterocycles. The molecule has 6 rings (SSSR count). The minimum Gasteiger partial charge on any atom is -0.446 e. The maximum Gasteiger partial charge on any atom is 0.407 e. The molecule has 13 nitrogen and oxygen atoms in total. The highest BCUT2D eigenvalue weighted by atomic mass is 16.6. The summed E-state index contributed by atoms with van der Waals surface area (Å²) in [6.45, 7) is 0. The van der Waals surface area contributed by atoms with Crippen LogP contribution in [0.25, 0.3) is 0 Å². The van der Waals surface area contributed by atoms with E-state index in [-0.39, 0.29) is 84.9 Å². The van der Waals surface area contributed by atoms with Crippen LogP contribution in [0.3, 0.4) is 0 Å². The molecule has 0 radical (unpaired) electrons. The molecule has 53 heavy (non-hydrogen) atoms. The molecule has 13 heteroatoms. The van der Waals surface area contributed by atoms with E-state index in [2.05, 4.69) is 31.9 Å². The minimum atomic E-state index is -0.313. The second-order valence-corrected chi connectivity index (χ2v) is 17.1. The molecule has 6 amide bonds. The fourth-order valence-electron chi connectivity index (χ4n) is 9.76. The van der Waals surface area contributed by atoms with Gasteiger partial charge in [0.1, 0.15) is 12.2 Å². The van der Waals surface area contributed by atoms with Gasteiger partial charge in [-0.1, -0.05) is 12.8 Å². The number of hydrogen-bond donors (Lipinski definition) is 6. The Morgan fingerprint density at radius 1 is 0.321 bits per heavy atom. The van der Waals surface area contributed by atoms with Gasteiger partial charge in [0.15, 0.2) is 0 Å². The molecule has 0 aromatic carbocycles. The van der Waals surface area contributed by atoms with Gasteiger partial charge in [-0.15, -0.1) is 0 Å². The van der Waals surface area contributed by atoms with Crippen molar-refractivity contribution in [3.05, 3.63) is 0 Å². The van der Waals surface area contributed by atoms with Crippen LogP contribution in [0.1, 0.15) is 167 Å². The fourth-order valence-corrected chi connectivity index (χ4v) is 9.76. The highest BCUT2D eigenvalue weighted by Gasteiger charge is 2.32. The number of carbonyl (C=O) groups is 4.